The predicted molar refractivity (Wildman–Crippen MR) is 172 cm³/mol. The molecule has 2 radical (unpaired) electrons. The van der Waals surface area contributed by atoms with Crippen molar-refractivity contribution in [2.24, 2.45) is 10.2 Å². The standard InChI is InChI=1S/2C15H21N3OS.2Cu/c2*1-12(13-8-4-5-9-14(13)19)16-17-15(20)18-10-6-2-3-7-11-18;;/h2*4-5,8-9,19H,2-3,6-7,10-11H2,1H3,(H,17,20);;/q;;;+2/b2*16-12+;;. The number of nitrogens with one attached hydrogen (secondary N) is 2. The second-order valence-electron chi connectivity index (χ2n) is 10.1. The Hall–Kier alpha value is -2.20. The zero-order chi connectivity index (χ0) is 28.7. The molecular formula is C30H42Cu2N6O2S2+2. The van der Waals surface area contributed by atoms with Crippen LogP contribution in [-0.4, -0.2) is 67.8 Å². The van der Waals surface area contributed by atoms with Crippen molar-refractivity contribution < 1.29 is 44.4 Å². The quantitative estimate of drug-likeness (QED) is 0.139. The molecule has 0 bridgehead atoms. The Kier molecular flexibility index (Phi) is 18.6. The molecule has 2 fully saturated rings. The van der Waals surface area contributed by atoms with Gasteiger partial charge in [-0.15, -0.1) is 0 Å². The van der Waals surface area contributed by atoms with E-state index in [2.05, 4.69) is 30.9 Å². The van der Waals surface area contributed by atoms with Crippen LogP contribution in [0, 0.1) is 0 Å². The Morgan fingerprint density at radius 1 is 0.619 bits per heavy atom. The predicted octanol–water partition coefficient (Wildman–Crippen LogP) is 5.73. The van der Waals surface area contributed by atoms with Crippen molar-refractivity contribution >= 4 is 46.1 Å². The van der Waals surface area contributed by atoms with E-state index in [1.807, 2.05) is 38.1 Å². The molecule has 2 heterocycles. The molecule has 0 unspecified atom stereocenters. The molecule has 42 heavy (non-hydrogen) atoms. The maximum absolute atomic E-state index is 9.78. The number of thiocarbonyl (C=S) groups is 2. The second-order valence-corrected chi connectivity index (χ2v) is 10.8. The molecule has 0 atom stereocenters. The molecular weight excluding hydrogens is 668 g/mol. The number of benzene rings is 2. The van der Waals surface area contributed by atoms with E-state index in [0.29, 0.717) is 10.2 Å². The first kappa shape index (κ1) is 37.8. The van der Waals surface area contributed by atoms with E-state index in [-0.39, 0.29) is 45.6 Å². The topological polar surface area (TPSA) is 95.7 Å². The first-order valence-corrected chi connectivity index (χ1v) is 14.9. The fraction of sp³-hybridized carbons (Fsp3) is 0.467. The van der Waals surface area contributed by atoms with Gasteiger partial charge in [0.1, 0.15) is 11.5 Å². The van der Waals surface area contributed by atoms with Crippen LogP contribution in [-0.2, 0) is 34.1 Å². The van der Waals surface area contributed by atoms with Crippen LogP contribution >= 0.6 is 24.4 Å². The van der Waals surface area contributed by atoms with Crippen molar-refractivity contribution in [1.82, 2.24) is 20.7 Å². The molecule has 0 aromatic heterocycles. The van der Waals surface area contributed by atoms with Gasteiger partial charge in [-0.25, -0.2) is 0 Å². The minimum atomic E-state index is 0. The molecule has 2 aromatic carbocycles. The van der Waals surface area contributed by atoms with Crippen molar-refractivity contribution in [3.8, 4) is 11.5 Å². The largest absolute Gasteiger partial charge is 2.00 e. The van der Waals surface area contributed by atoms with Crippen LogP contribution in [0.3, 0.4) is 0 Å². The van der Waals surface area contributed by atoms with Gasteiger partial charge in [0, 0.05) is 54.4 Å². The Labute approximate surface area is 282 Å². The van der Waals surface area contributed by atoms with E-state index < -0.39 is 0 Å². The average molecular weight is 710 g/mol. The van der Waals surface area contributed by atoms with Gasteiger partial charge >= 0.3 is 17.1 Å². The molecule has 4 N–H and O–H groups in total. The summed E-state index contributed by atoms with van der Waals surface area (Å²) >= 11 is 10.8. The molecule has 0 amide bonds. The molecule has 2 aromatic rings. The Morgan fingerprint density at radius 2 is 0.929 bits per heavy atom. The SMILES string of the molecule is C/C(=N\NC(=S)N1CCCCCC1)c1ccccc1O.C/C(=N\NC(=S)N1CCCCCC1)c1ccccc1O.[Cu+2].[Cu]. The molecule has 12 heteroatoms. The summed E-state index contributed by atoms with van der Waals surface area (Å²) in [5, 5.41) is 29.5. The minimum absolute atomic E-state index is 0. The van der Waals surface area contributed by atoms with Crippen molar-refractivity contribution in [2.45, 2.75) is 65.2 Å². The molecule has 8 nitrogen and oxygen atoms in total. The number of para-hydroxylation sites is 2. The van der Waals surface area contributed by atoms with Gasteiger partial charge in [0.05, 0.1) is 11.4 Å². The maximum Gasteiger partial charge on any atom is 2.00 e. The number of hydrazone groups is 2. The maximum atomic E-state index is 9.78. The summed E-state index contributed by atoms with van der Waals surface area (Å²) in [7, 11) is 0. The minimum Gasteiger partial charge on any atom is -0.507 e. The van der Waals surface area contributed by atoms with Crippen LogP contribution in [0.5, 0.6) is 11.5 Å². The van der Waals surface area contributed by atoms with Crippen molar-refractivity contribution in [1.29, 1.82) is 0 Å². The zero-order valence-corrected chi connectivity index (χ0v) is 27.7. The smallest absolute Gasteiger partial charge is 0.507 e. The number of phenolic OH excluding ortho intramolecular Hbond substituents is 2. The third-order valence-electron chi connectivity index (χ3n) is 7.01. The van der Waals surface area contributed by atoms with E-state index in [9.17, 15) is 10.2 Å². The van der Waals surface area contributed by atoms with Crippen molar-refractivity contribution in [2.75, 3.05) is 26.2 Å². The van der Waals surface area contributed by atoms with Gasteiger partial charge < -0.3 is 20.0 Å². The van der Waals surface area contributed by atoms with Gasteiger partial charge in [-0.05, 0) is 88.2 Å². The summed E-state index contributed by atoms with van der Waals surface area (Å²) in [6.45, 7) is 7.70. The fourth-order valence-electron chi connectivity index (χ4n) is 4.63. The molecule has 2 aliphatic heterocycles. The first-order chi connectivity index (χ1) is 19.4. The molecule has 0 aliphatic carbocycles. The van der Waals surface area contributed by atoms with E-state index in [1.54, 1.807) is 24.3 Å². The monoisotopic (exact) mass is 708 g/mol. The summed E-state index contributed by atoms with van der Waals surface area (Å²) < 4.78 is 0. The van der Waals surface area contributed by atoms with E-state index in [4.69, 9.17) is 24.4 Å². The van der Waals surface area contributed by atoms with E-state index >= 15 is 0 Å². The zero-order valence-electron chi connectivity index (χ0n) is 24.2. The van der Waals surface area contributed by atoms with Crippen LogP contribution in [0.1, 0.15) is 76.3 Å². The fourth-order valence-corrected chi connectivity index (χ4v) is 5.09. The van der Waals surface area contributed by atoms with Crippen LogP contribution in [0.15, 0.2) is 58.7 Å². The molecule has 236 valence electrons. The van der Waals surface area contributed by atoms with E-state index in [0.717, 1.165) is 48.7 Å². The molecule has 2 saturated heterocycles. The first-order valence-electron chi connectivity index (χ1n) is 14.1. The normalized spacial score (nSPS) is 15.9. The average Bonchev–Trinajstić information content (AvgIpc) is 3.41. The van der Waals surface area contributed by atoms with Gasteiger partial charge in [-0.1, -0.05) is 49.9 Å². The third-order valence-corrected chi connectivity index (χ3v) is 7.71. The Bertz CT molecular complexity index is 1090. The van der Waals surface area contributed by atoms with Crippen LogP contribution in [0.25, 0.3) is 0 Å². The van der Waals surface area contributed by atoms with Crippen molar-refractivity contribution in [3.63, 3.8) is 0 Å². The molecule has 0 saturated carbocycles. The van der Waals surface area contributed by atoms with Gasteiger partial charge in [0.2, 0.25) is 0 Å². The van der Waals surface area contributed by atoms with E-state index in [1.165, 1.54) is 51.4 Å². The molecule has 0 spiro atoms. The van der Waals surface area contributed by atoms with Crippen LogP contribution < -0.4 is 10.9 Å². The summed E-state index contributed by atoms with van der Waals surface area (Å²) in [5.74, 6) is 0.465. The van der Waals surface area contributed by atoms with Crippen LogP contribution in [0.2, 0.25) is 0 Å². The molecule has 4 rings (SSSR count). The number of nitrogens with zero attached hydrogens (tertiary/aromatic N) is 4. The number of phenols is 2. The summed E-state index contributed by atoms with van der Waals surface area (Å²) in [4.78, 5) is 4.34. The van der Waals surface area contributed by atoms with Gasteiger partial charge in [0.25, 0.3) is 0 Å². The van der Waals surface area contributed by atoms with Gasteiger partial charge in [-0.3, -0.25) is 10.9 Å². The number of likely N-dealkylation sites (tertiary alicyclic amines) is 2. The summed E-state index contributed by atoms with van der Waals surface area (Å²) in [6, 6.07) is 14.3. The number of rotatable bonds is 4. The number of aromatic hydroxyl groups is 2. The number of hydrogen-bond acceptors (Lipinski definition) is 6. The second kappa shape index (κ2) is 20.7. The molecule has 2 aliphatic rings. The van der Waals surface area contributed by atoms with Crippen LogP contribution in [0.4, 0.5) is 0 Å². The number of hydrogen-bond donors (Lipinski definition) is 4. The Balaban J connectivity index is 0.000000401. The van der Waals surface area contributed by atoms with Gasteiger partial charge in [0.15, 0.2) is 10.2 Å². The Morgan fingerprint density at radius 3 is 1.24 bits per heavy atom. The third kappa shape index (κ3) is 12.6. The van der Waals surface area contributed by atoms with Crippen molar-refractivity contribution in [3.05, 3.63) is 59.7 Å². The van der Waals surface area contributed by atoms with Gasteiger partial charge in [-0.2, -0.15) is 10.2 Å². The summed E-state index contributed by atoms with van der Waals surface area (Å²) in [6.07, 6.45) is 9.85. The summed E-state index contributed by atoms with van der Waals surface area (Å²) in [5.41, 5.74) is 8.77.